The second-order valence-corrected chi connectivity index (χ2v) is 5.90. The van der Waals surface area contributed by atoms with Gasteiger partial charge in [-0.05, 0) is 24.6 Å². The molecule has 0 radical (unpaired) electrons. The van der Waals surface area contributed by atoms with Crippen LogP contribution in [-0.4, -0.2) is 29.1 Å². The first kappa shape index (κ1) is 15.1. The number of hydrogen-bond acceptors (Lipinski definition) is 5. The van der Waals surface area contributed by atoms with Crippen molar-refractivity contribution in [3.63, 3.8) is 0 Å². The summed E-state index contributed by atoms with van der Waals surface area (Å²) in [5.74, 6) is 0.321. The number of nitrogen functional groups attached to an aromatic ring is 1. The fourth-order valence-corrected chi connectivity index (χ4v) is 2.88. The summed E-state index contributed by atoms with van der Waals surface area (Å²) >= 11 is 11.7. The van der Waals surface area contributed by atoms with Crippen molar-refractivity contribution in [1.82, 2.24) is 9.97 Å². The van der Waals surface area contributed by atoms with Crippen molar-refractivity contribution >= 4 is 40.7 Å². The van der Waals surface area contributed by atoms with Crippen molar-refractivity contribution in [3.8, 4) is 0 Å². The molecule has 0 saturated carbocycles. The minimum absolute atomic E-state index is 0.129. The molecule has 22 heavy (non-hydrogen) atoms. The van der Waals surface area contributed by atoms with E-state index in [1.165, 1.54) is 6.07 Å². The van der Waals surface area contributed by atoms with E-state index in [0.717, 1.165) is 25.2 Å². The average Bonchev–Trinajstić information content (AvgIpc) is 2.89. The Morgan fingerprint density at radius 1 is 1.27 bits per heavy atom. The van der Waals surface area contributed by atoms with Crippen LogP contribution in [0.5, 0.6) is 0 Å². The molecule has 0 spiro atoms. The van der Waals surface area contributed by atoms with Crippen molar-refractivity contribution in [2.45, 2.75) is 12.5 Å². The van der Waals surface area contributed by atoms with E-state index in [-0.39, 0.29) is 17.0 Å². The third-order valence-electron chi connectivity index (χ3n) is 3.52. The fraction of sp³-hybridized carbons (Fsp3) is 0.286. The van der Waals surface area contributed by atoms with E-state index in [1.807, 2.05) is 0 Å². The van der Waals surface area contributed by atoms with Crippen LogP contribution in [0.25, 0.3) is 0 Å². The lowest BCUT2D eigenvalue weighted by molar-refractivity contribution is 0.628. The maximum Gasteiger partial charge on any atom is 0.223 e. The van der Waals surface area contributed by atoms with E-state index in [0.29, 0.717) is 11.0 Å². The van der Waals surface area contributed by atoms with Gasteiger partial charge in [-0.25, -0.2) is 9.37 Å². The van der Waals surface area contributed by atoms with Crippen molar-refractivity contribution < 1.29 is 4.39 Å². The van der Waals surface area contributed by atoms with Crippen molar-refractivity contribution in [2.24, 2.45) is 0 Å². The highest BCUT2D eigenvalue weighted by Gasteiger charge is 2.23. The zero-order chi connectivity index (χ0) is 15.7. The Bertz CT molecular complexity index is 677. The van der Waals surface area contributed by atoms with Crippen LogP contribution >= 0.6 is 23.2 Å². The highest BCUT2D eigenvalue weighted by atomic mass is 35.5. The van der Waals surface area contributed by atoms with Crippen molar-refractivity contribution in [1.29, 1.82) is 0 Å². The Morgan fingerprint density at radius 2 is 2.09 bits per heavy atom. The molecule has 1 aliphatic heterocycles. The Morgan fingerprint density at radius 3 is 2.82 bits per heavy atom. The zero-order valence-electron chi connectivity index (χ0n) is 11.6. The predicted octanol–water partition coefficient (Wildman–Crippen LogP) is 3.20. The monoisotopic (exact) mass is 341 g/mol. The molecular weight excluding hydrogens is 328 g/mol. The Labute approximate surface area is 137 Å². The number of hydrogen-bond donors (Lipinski definition) is 2. The predicted molar refractivity (Wildman–Crippen MR) is 87.1 cm³/mol. The van der Waals surface area contributed by atoms with Crippen molar-refractivity contribution in [2.75, 3.05) is 29.0 Å². The molecule has 1 fully saturated rings. The smallest absolute Gasteiger partial charge is 0.223 e. The van der Waals surface area contributed by atoms with Gasteiger partial charge < -0.3 is 16.0 Å². The molecule has 0 aliphatic carbocycles. The quantitative estimate of drug-likeness (QED) is 0.839. The van der Waals surface area contributed by atoms with Crippen LogP contribution in [0.15, 0.2) is 24.3 Å². The summed E-state index contributed by atoms with van der Waals surface area (Å²) < 4.78 is 13.2. The number of anilines is 3. The van der Waals surface area contributed by atoms with E-state index in [1.54, 1.807) is 18.2 Å². The topological polar surface area (TPSA) is 67.1 Å². The van der Waals surface area contributed by atoms with Gasteiger partial charge in [-0.1, -0.05) is 23.2 Å². The first-order chi connectivity index (χ1) is 10.5. The van der Waals surface area contributed by atoms with Crippen LogP contribution < -0.4 is 16.0 Å². The molecule has 2 heterocycles. The third-order valence-corrected chi connectivity index (χ3v) is 4.00. The molecule has 1 aliphatic rings. The Hall–Kier alpha value is -1.79. The highest BCUT2D eigenvalue weighted by Crippen LogP contribution is 2.26. The average molecular weight is 342 g/mol. The highest BCUT2D eigenvalue weighted by molar-refractivity contribution is 6.31. The summed E-state index contributed by atoms with van der Waals surface area (Å²) in [5, 5.41) is 3.71. The van der Waals surface area contributed by atoms with Gasteiger partial charge in [0.2, 0.25) is 5.95 Å². The van der Waals surface area contributed by atoms with Gasteiger partial charge in [0.25, 0.3) is 0 Å². The standard InChI is InChI=1S/C14H14Cl2FN5/c15-10-5-9(1-2-11(10)17)22-4-3-8(7-22)19-13-6-12(16)20-14(18)21-13/h1-2,5-6,8H,3-4,7H2,(H3,18,19,20,21). The normalized spacial score (nSPS) is 17.8. The van der Waals surface area contributed by atoms with Crippen LogP contribution in [0.2, 0.25) is 10.2 Å². The summed E-state index contributed by atoms with van der Waals surface area (Å²) in [6, 6.07) is 6.56. The number of nitrogens with zero attached hydrogens (tertiary/aromatic N) is 3. The summed E-state index contributed by atoms with van der Waals surface area (Å²) in [4.78, 5) is 10.1. The van der Waals surface area contributed by atoms with E-state index in [9.17, 15) is 4.39 Å². The van der Waals surface area contributed by atoms with Crippen LogP contribution in [0.4, 0.5) is 21.8 Å². The zero-order valence-corrected chi connectivity index (χ0v) is 13.1. The van der Waals surface area contributed by atoms with Gasteiger partial charge in [-0.15, -0.1) is 0 Å². The van der Waals surface area contributed by atoms with E-state index < -0.39 is 5.82 Å². The maximum absolute atomic E-state index is 13.2. The Balaban J connectivity index is 1.68. The lowest BCUT2D eigenvalue weighted by Crippen LogP contribution is -2.26. The number of benzene rings is 1. The molecule has 5 nitrogen and oxygen atoms in total. The largest absolute Gasteiger partial charge is 0.369 e. The van der Waals surface area contributed by atoms with Crippen LogP contribution in [0.3, 0.4) is 0 Å². The SMILES string of the molecule is Nc1nc(Cl)cc(NC2CCN(c3ccc(F)c(Cl)c3)C2)n1. The molecule has 8 heteroatoms. The summed E-state index contributed by atoms with van der Waals surface area (Å²) in [5.41, 5.74) is 6.47. The summed E-state index contributed by atoms with van der Waals surface area (Å²) in [6.07, 6.45) is 0.913. The van der Waals surface area contributed by atoms with Gasteiger partial charge in [0, 0.05) is 30.9 Å². The van der Waals surface area contributed by atoms with Gasteiger partial charge >= 0.3 is 0 Å². The van der Waals surface area contributed by atoms with Crippen LogP contribution in [0.1, 0.15) is 6.42 Å². The van der Waals surface area contributed by atoms with E-state index in [2.05, 4.69) is 20.2 Å². The first-order valence-electron chi connectivity index (χ1n) is 6.78. The molecule has 1 unspecified atom stereocenters. The molecule has 0 bridgehead atoms. The van der Waals surface area contributed by atoms with Gasteiger partial charge in [0.15, 0.2) is 0 Å². The lowest BCUT2D eigenvalue weighted by atomic mass is 10.2. The second-order valence-electron chi connectivity index (χ2n) is 5.11. The van der Waals surface area contributed by atoms with E-state index >= 15 is 0 Å². The van der Waals surface area contributed by atoms with Gasteiger partial charge in [0.05, 0.1) is 5.02 Å². The minimum Gasteiger partial charge on any atom is -0.369 e. The molecule has 3 N–H and O–H groups in total. The lowest BCUT2D eigenvalue weighted by Gasteiger charge is -2.19. The summed E-state index contributed by atoms with van der Waals surface area (Å²) in [7, 11) is 0. The van der Waals surface area contributed by atoms with E-state index in [4.69, 9.17) is 28.9 Å². The molecule has 0 amide bonds. The molecule has 1 aromatic heterocycles. The molecule has 3 rings (SSSR count). The first-order valence-corrected chi connectivity index (χ1v) is 7.53. The minimum atomic E-state index is -0.412. The third kappa shape index (κ3) is 3.34. The second kappa shape index (κ2) is 6.14. The number of rotatable bonds is 3. The number of aromatic nitrogens is 2. The van der Waals surface area contributed by atoms with Gasteiger partial charge in [-0.3, -0.25) is 0 Å². The number of halogens is 3. The molecular formula is C14H14Cl2FN5. The summed E-state index contributed by atoms with van der Waals surface area (Å²) in [6.45, 7) is 1.59. The van der Waals surface area contributed by atoms with Gasteiger partial charge in [0.1, 0.15) is 16.8 Å². The fourth-order valence-electron chi connectivity index (χ4n) is 2.51. The van der Waals surface area contributed by atoms with Crippen LogP contribution in [-0.2, 0) is 0 Å². The Kier molecular flexibility index (Phi) is 4.22. The molecule has 1 aromatic carbocycles. The van der Waals surface area contributed by atoms with Gasteiger partial charge in [-0.2, -0.15) is 4.98 Å². The number of nitrogens with one attached hydrogen (secondary N) is 1. The molecule has 1 atom stereocenters. The maximum atomic E-state index is 13.2. The molecule has 1 saturated heterocycles. The molecule has 2 aromatic rings. The number of nitrogens with two attached hydrogens (primary N) is 1. The molecule has 116 valence electrons. The van der Waals surface area contributed by atoms with Crippen molar-refractivity contribution in [3.05, 3.63) is 40.3 Å². The van der Waals surface area contributed by atoms with Crippen LogP contribution in [0, 0.1) is 5.82 Å².